The third-order valence-corrected chi connectivity index (χ3v) is 8.70. The van der Waals surface area contributed by atoms with Crippen LogP contribution in [-0.2, 0) is 20.8 Å². The van der Waals surface area contributed by atoms with Crippen LogP contribution in [0.2, 0.25) is 5.02 Å². The van der Waals surface area contributed by atoms with Gasteiger partial charge in [0.1, 0.15) is 6.04 Å². The number of hydrogen-bond acceptors (Lipinski definition) is 3. The third-order valence-electron chi connectivity index (χ3n) is 8.46. The van der Waals surface area contributed by atoms with E-state index in [1.807, 2.05) is 54.6 Å². The smallest absolute Gasteiger partial charge is 0.248 e. The van der Waals surface area contributed by atoms with Crippen molar-refractivity contribution in [3.05, 3.63) is 136 Å². The highest BCUT2D eigenvalue weighted by atomic mass is 35.5. The molecule has 5 nitrogen and oxygen atoms in total. The molecule has 4 aliphatic rings. The van der Waals surface area contributed by atoms with Crippen molar-refractivity contribution >= 4 is 35.0 Å². The summed E-state index contributed by atoms with van der Waals surface area (Å²) in [5, 5.41) is 3.39. The molecule has 1 fully saturated rings. The summed E-state index contributed by atoms with van der Waals surface area (Å²) in [6, 6.07) is 31.6. The molecule has 39 heavy (non-hydrogen) atoms. The topological polar surface area (TPSA) is 66.5 Å². The highest BCUT2D eigenvalue weighted by Crippen LogP contribution is 2.61. The standard InChI is InChI=1S/C33H25ClN2O3/c34-20-11-8-12-21(18-20)35-31(37)26(17-19-9-2-1-3-10-19)36-32(38)29-27-22-13-4-5-14-23(22)28(30(29)33(36)39)25-16-7-6-15-24(25)27/h1-16,18,26-30H,17H2,(H,35,37)/t26-,27?,28?,29-,30+/m0/s1. The molecule has 0 spiro atoms. The number of carbonyl (C=O) groups is 3. The van der Waals surface area contributed by atoms with Crippen LogP contribution in [0.4, 0.5) is 5.69 Å². The summed E-state index contributed by atoms with van der Waals surface area (Å²) >= 11 is 6.15. The van der Waals surface area contributed by atoms with Crippen LogP contribution >= 0.6 is 11.6 Å². The number of hydrogen-bond donors (Lipinski definition) is 1. The SMILES string of the molecule is O=C(Nc1cccc(Cl)c1)[C@H](Cc1ccccc1)N1C(=O)[C@@H]2C3c4ccccc4C(c4ccccc43)[C@@H]2C1=O. The maximum atomic E-state index is 14.3. The average molecular weight is 533 g/mol. The molecular formula is C33H25ClN2O3. The van der Waals surface area contributed by atoms with E-state index in [0.717, 1.165) is 27.8 Å². The second-order valence-electron chi connectivity index (χ2n) is 10.5. The molecule has 3 atom stereocenters. The highest BCUT2D eigenvalue weighted by Gasteiger charge is 2.63. The molecule has 0 saturated carbocycles. The number of nitrogens with one attached hydrogen (secondary N) is 1. The second kappa shape index (κ2) is 9.21. The van der Waals surface area contributed by atoms with Crippen LogP contribution in [0.1, 0.15) is 39.7 Å². The Labute approximate surface area is 231 Å². The Morgan fingerprint density at radius 2 is 1.23 bits per heavy atom. The molecule has 2 bridgehead atoms. The van der Waals surface area contributed by atoms with Gasteiger partial charge in [-0.3, -0.25) is 19.3 Å². The molecule has 0 unspecified atom stereocenters. The van der Waals surface area contributed by atoms with E-state index in [1.165, 1.54) is 4.90 Å². The number of rotatable bonds is 5. The Kier molecular flexibility index (Phi) is 5.64. The van der Waals surface area contributed by atoms with Gasteiger partial charge in [0.15, 0.2) is 0 Å². The van der Waals surface area contributed by atoms with Crippen molar-refractivity contribution in [2.75, 3.05) is 5.32 Å². The predicted molar refractivity (Wildman–Crippen MR) is 149 cm³/mol. The van der Waals surface area contributed by atoms with Crippen molar-refractivity contribution in [3.8, 4) is 0 Å². The van der Waals surface area contributed by atoms with E-state index in [2.05, 4.69) is 29.6 Å². The van der Waals surface area contributed by atoms with Crippen molar-refractivity contribution in [1.29, 1.82) is 0 Å². The molecule has 3 aliphatic carbocycles. The summed E-state index contributed by atoms with van der Waals surface area (Å²) in [6.07, 6.45) is 0.222. The van der Waals surface area contributed by atoms with Crippen LogP contribution in [0.15, 0.2) is 103 Å². The molecule has 1 saturated heterocycles. The lowest BCUT2D eigenvalue weighted by Gasteiger charge is -2.45. The Bertz CT molecular complexity index is 1520. The number of imide groups is 1. The van der Waals surface area contributed by atoms with Crippen LogP contribution in [0.3, 0.4) is 0 Å². The lowest BCUT2D eigenvalue weighted by molar-refractivity contribution is -0.146. The number of likely N-dealkylation sites (tertiary alicyclic amines) is 1. The van der Waals surface area contributed by atoms with Gasteiger partial charge in [0, 0.05) is 29.0 Å². The number of halogens is 1. The molecule has 0 radical (unpaired) electrons. The van der Waals surface area contributed by atoms with Crippen LogP contribution in [0.5, 0.6) is 0 Å². The summed E-state index contributed by atoms with van der Waals surface area (Å²) in [4.78, 5) is 43.7. The number of benzene rings is 4. The molecule has 192 valence electrons. The van der Waals surface area contributed by atoms with Crippen LogP contribution in [-0.4, -0.2) is 28.7 Å². The van der Waals surface area contributed by atoms with Crippen LogP contribution in [0, 0.1) is 11.8 Å². The molecule has 4 aromatic rings. The quantitative estimate of drug-likeness (QED) is 0.331. The highest BCUT2D eigenvalue weighted by molar-refractivity contribution is 6.31. The van der Waals surface area contributed by atoms with Gasteiger partial charge in [-0.2, -0.15) is 0 Å². The van der Waals surface area contributed by atoms with Gasteiger partial charge in [0.05, 0.1) is 11.8 Å². The first-order chi connectivity index (χ1) is 19.0. The molecule has 3 amide bonds. The van der Waals surface area contributed by atoms with Crippen molar-refractivity contribution in [2.24, 2.45) is 11.8 Å². The van der Waals surface area contributed by atoms with Crippen molar-refractivity contribution in [2.45, 2.75) is 24.3 Å². The van der Waals surface area contributed by atoms with E-state index in [4.69, 9.17) is 11.6 Å². The molecule has 1 heterocycles. The molecule has 8 rings (SSSR count). The van der Waals surface area contributed by atoms with E-state index in [1.54, 1.807) is 24.3 Å². The lowest BCUT2D eigenvalue weighted by atomic mass is 9.55. The number of carbonyl (C=O) groups excluding carboxylic acids is 3. The van der Waals surface area contributed by atoms with Crippen molar-refractivity contribution in [1.82, 2.24) is 4.90 Å². The zero-order valence-corrected chi connectivity index (χ0v) is 21.7. The molecule has 4 aromatic carbocycles. The normalized spacial score (nSPS) is 23.2. The largest absolute Gasteiger partial charge is 0.324 e. The van der Waals surface area contributed by atoms with Gasteiger partial charge in [-0.25, -0.2) is 0 Å². The first kappa shape index (κ1) is 23.9. The van der Waals surface area contributed by atoms with Crippen LogP contribution < -0.4 is 5.32 Å². The summed E-state index contributed by atoms with van der Waals surface area (Å²) in [5.41, 5.74) is 5.81. The third kappa shape index (κ3) is 3.72. The van der Waals surface area contributed by atoms with Gasteiger partial charge >= 0.3 is 0 Å². The fourth-order valence-electron chi connectivity index (χ4n) is 6.94. The maximum Gasteiger partial charge on any atom is 0.248 e. The van der Waals surface area contributed by atoms with E-state index in [0.29, 0.717) is 10.7 Å². The number of amides is 3. The first-order valence-electron chi connectivity index (χ1n) is 13.2. The number of nitrogens with zero attached hydrogens (tertiary/aromatic N) is 1. The predicted octanol–water partition coefficient (Wildman–Crippen LogP) is 5.78. The van der Waals surface area contributed by atoms with Gasteiger partial charge < -0.3 is 5.32 Å². The molecule has 0 aromatic heterocycles. The zero-order chi connectivity index (χ0) is 26.7. The minimum absolute atomic E-state index is 0.220. The van der Waals surface area contributed by atoms with Crippen molar-refractivity contribution in [3.63, 3.8) is 0 Å². The minimum atomic E-state index is -0.998. The Balaban J connectivity index is 1.31. The van der Waals surface area contributed by atoms with Gasteiger partial charge in [-0.15, -0.1) is 0 Å². The van der Waals surface area contributed by atoms with Gasteiger partial charge in [-0.05, 0) is 46.0 Å². The van der Waals surface area contributed by atoms with E-state index in [9.17, 15) is 14.4 Å². The lowest BCUT2D eigenvalue weighted by Crippen LogP contribution is -2.49. The second-order valence-corrected chi connectivity index (χ2v) is 11.0. The minimum Gasteiger partial charge on any atom is -0.324 e. The molecule has 1 aliphatic heterocycles. The van der Waals surface area contributed by atoms with Gasteiger partial charge in [0.2, 0.25) is 17.7 Å². The Hall–Kier alpha value is -4.22. The van der Waals surface area contributed by atoms with E-state index < -0.39 is 23.8 Å². The number of anilines is 1. The van der Waals surface area contributed by atoms with E-state index in [-0.39, 0.29) is 30.1 Å². The van der Waals surface area contributed by atoms with Crippen LogP contribution in [0.25, 0.3) is 0 Å². The zero-order valence-electron chi connectivity index (χ0n) is 21.0. The fourth-order valence-corrected chi connectivity index (χ4v) is 7.13. The summed E-state index contributed by atoms with van der Waals surface area (Å²) in [5.74, 6) is -2.47. The summed E-state index contributed by atoms with van der Waals surface area (Å²) in [7, 11) is 0. The molecule has 1 N–H and O–H groups in total. The van der Waals surface area contributed by atoms with E-state index >= 15 is 0 Å². The van der Waals surface area contributed by atoms with Crippen molar-refractivity contribution < 1.29 is 14.4 Å². The summed E-state index contributed by atoms with van der Waals surface area (Å²) in [6.45, 7) is 0. The summed E-state index contributed by atoms with van der Waals surface area (Å²) < 4.78 is 0. The first-order valence-corrected chi connectivity index (χ1v) is 13.6. The fraction of sp³-hybridized carbons (Fsp3) is 0.182. The maximum absolute atomic E-state index is 14.3. The average Bonchev–Trinajstić information content (AvgIpc) is 3.22. The monoisotopic (exact) mass is 532 g/mol. The molecule has 6 heteroatoms. The Morgan fingerprint density at radius 1 is 0.718 bits per heavy atom. The molecular weight excluding hydrogens is 508 g/mol. The van der Waals surface area contributed by atoms with Gasteiger partial charge in [-0.1, -0.05) is 96.5 Å². The Morgan fingerprint density at radius 3 is 1.74 bits per heavy atom. The van der Waals surface area contributed by atoms with Gasteiger partial charge in [0.25, 0.3) is 0 Å².